The molecule has 132 valence electrons. The molecule has 0 unspecified atom stereocenters. The first-order valence-electron chi connectivity index (χ1n) is 7.85. The lowest BCUT2D eigenvalue weighted by Crippen LogP contribution is -2.07. The number of esters is 1. The van der Waals surface area contributed by atoms with E-state index in [2.05, 4.69) is 0 Å². The van der Waals surface area contributed by atoms with Gasteiger partial charge in [0.25, 0.3) is 0 Å². The molecule has 3 aromatic rings. The van der Waals surface area contributed by atoms with E-state index >= 15 is 0 Å². The number of ether oxygens (including phenoxy) is 1. The molecule has 0 radical (unpaired) electrons. The second kappa shape index (κ2) is 5.09. The van der Waals surface area contributed by atoms with Crippen molar-refractivity contribution in [1.82, 2.24) is 0 Å². The zero-order valence-corrected chi connectivity index (χ0v) is 13.8. The molecule has 8 heteroatoms. The number of nitrogens with two attached hydrogens (primary N) is 6. The Bertz CT molecular complexity index is 1120. The molecule has 0 spiro atoms. The summed E-state index contributed by atoms with van der Waals surface area (Å²) in [5.41, 5.74) is 40.5. The minimum atomic E-state index is -0.478. The third kappa shape index (κ3) is 1.92. The molecule has 8 nitrogen and oxygen atoms in total. The first-order chi connectivity index (χ1) is 12.3. The number of nitrogen functional groups attached to an aromatic ring is 6. The van der Waals surface area contributed by atoms with Gasteiger partial charge < -0.3 is 39.1 Å². The molecule has 4 rings (SSSR count). The fraction of sp³-hybridized carbons (Fsp3) is 0.0556. The second-order valence-corrected chi connectivity index (χ2v) is 6.28. The highest BCUT2D eigenvalue weighted by molar-refractivity contribution is 6.21. The number of carbonyl (C=O) groups excluding carboxylic acids is 1. The average Bonchev–Trinajstić information content (AvgIpc) is 2.99. The number of hydrogen-bond donors (Lipinski definition) is 6. The molecule has 0 saturated carbocycles. The van der Waals surface area contributed by atoms with Crippen LogP contribution in [0.3, 0.4) is 0 Å². The number of anilines is 6. The first-order valence-corrected chi connectivity index (χ1v) is 7.85. The van der Waals surface area contributed by atoms with Crippen molar-refractivity contribution >= 4 is 50.9 Å². The molecule has 0 atom stereocenters. The molecule has 3 aromatic carbocycles. The maximum absolute atomic E-state index is 12.4. The van der Waals surface area contributed by atoms with E-state index in [4.69, 9.17) is 39.1 Å². The van der Waals surface area contributed by atoms with E-state index in [0.717, 1.165) is 0 Å². The van der Waals surface area contributed by atoms with Crippen molar-refractivity contribution in [3.8, 4) is 11.1 Å². The first kappa shape index (κ1) is 15.7. The third-order valence-electron chi connectivity index (χ3n) is 4.78. The summed E-state index contributed by atoms with van der Waals surface area (Å²) >= 11 is 0. The standard InChI is InChI=1S/C18H18N6O2/c19-9-2-1-6(3-10(9)20)12-13-7(4-11(21)16(23)17(13)24)15(22)8-5-26-18(25)14(8)12/h1-4H,5,19-24H2. The topological polar surface area (TPSA) is 182 Å². The zero-order chi connectivity index (χ0) is 18.7. The van der Waals surface area contributed by atoms with Crippen molar-refractivity contribution in [1.29, 1.82) is 0 Å². The third-order valence-corrected chi connectivity index (χ3v) is 4.78. The second-order valence-electron chi connectivity index (χ2n) is 6.28. The summed E-state index contributed by atoms with van der Waals surface area (Å²) in [6, 6.07) is 6.76. The van der Waals surface area contributed by atoms with Crippen LogP contribution in [0.1, 0.15) is 15.9 Å². The van der Waals surface area contributed by atoms with E-state index in [0.29, 0.717) is 55.8 Å². The maximum atomic E-state index is 12.4. The highest BCUT2D eigenvalue weighted by Crippen LogP contribution is 2.47. The van der Waals surface area contributed by atoms with Gasteiger partial charge in [-0.05, 0) is 23.8 Å². The Hall–Kier alpha value is -3.81. The molecule has 12 N–H and O–H groups in total. The van der Waals surface area contributed by atoms with Gasteiger partial charge in [-0.2, -0.15) is 0 Å². The van der Waals surface area contributed by atoms with Crippen molar-refractivity contribution in [3.05, 3.63) is 35.4 Å². The minimum absolute atomic E-state index is 0.0809. The highest BCUT2D eigenvalue weighted by atomic mass is 16.5. The predicted octanol–water partition coefficient (Wildman–Crippen LogP) is 1.67. The molecule has 0 fully saturated rings. The fourth-order valence-electron chi connectivity index (χ4n) is 3.40. The molecular weight excluding hydrogens is 332 g/mol. The van der Waals surface area contributed by atoms with Crippen LogP contribution in [0, 0.1) is 0 Å². The van der Waals surface area contributed by atoms with Gasteiger partial charge in [0.05, 0.1) is 34.0 Å². The molecule has 1 aliphatic rings. The Balaban J connectivity index is 2.25. The highest BCUT2D eigenvalue weighted by Gasteiger charge is 2.31. The SMILES string of the molecule is Nc1ccc(-c2c3c(c(N)c4cc(N)c(N)c(N)c24)COC3=O)cc1N. The van der Waals surface area contributed by atoms with Crippen molar-refractivity contribution < 1.29 is 9.53 Å². The van der Waals surface area contributed by atoms with E-state index in [1.165, 1.54) is 0 Å². The van der Waals surface area contributed by atoms with Crippen LogP contribution in [0.5, 0.6) is 0 Å². The average molecular weight is 350 g/mol. The van der Waals surface area contributed by atoms with Crippen molar-refractivity contribution in [3.63, 3.8) is 0 Å². The van der Waals surface area contributed by atoms with Gasteiger partial charge in [0, 0.05) is 27.6 Å². The number of rotatable bonds is 1. The molecule has 0 saturated heterocycles. The Labute approximate surface area is 148 Å². The Morgan fingerprint density at radius 1 is 0.769 bits per heavy atom. The molecule has 1 aliphatic heterocycles. The van der Waals surface area contributed by atoms with Gasteiger partial charge in [-0.15, -0.1) is 0 Å². The summed E-state index contributed by atoms with van der Waals surface area (Å²) in [5, 5.41) is 1.15. The van der Waals surface area contributed by atoms with Crippen molar-refractivity contribution in [2.45, 2.75) is 6.61 Å². The van der Waals surface area contributed by atoms with Crippen LogP contribution in [0.4, 0.5) is 34.1 Å². The molecule has 0 amide bonds. The number of carbonyl (C=O) groups is 1. The van der Waals surface area contributed by atoms with Crippen LogP contribution >= 0.6 is 0 Å². The molecule has 1 heterocycles. The van der Waals surface area contributed by atoms with E-state index in [1.807, 2.05) is 0 Å². The quantitative estimate of drug-likeness (QED) is 0.283. The van der Waals surface area contributed by atoms with Crippen molar-refractivity contribution in [2.24, 2.45) is 0 Å². The van der Waals surface area contributed by atoms with E-state index in [9.17, 15) is 4.79 Å². The summed E-state index contributed by atoms with van der Waals surface area (Å²) in [4.78, 5) is 12.4. The number of cyclic esters (lactones) is 1. The van der Waals surface area contributed by atoms with Crippen LogP contribution in [-0.4, -0.2) is 5.97 Å². The predicted molar refractivity (Wildman–Crippen MR) is 105 cm³/mol. The maximum Gasteiger partial charge on any atom is 0.339 e. The van der Waals surface area contributed by atoms with E-state index in [1.54, 1.807) is 24.3 Å². The van der Waals surface area contributed by atoms with Gasteiger partial charge in [0.15, 0.2) is 0 Å². The fourth-order valence-corrected chi connectivity index (χ4v) is 3.40. The van der Waals surface area contributed by atoms with E-state index in [-0.39, 0.29) is 18.0 Å². The smallest absolute Gasteiger partial charge is 0.339 e. The van der Waals surface area contributed by atoms with Crippen LogP contribution < -0.4 is 34.4 Å². The summed E-state index contributed by atoms with van der Waals surface area (Å²) in [6.45, 7) is 0.0809. The van der Waals surface area contributed by atoms with E-state index < -0.39 is 5.97 Å². The van der Waals surface area contributed by atoms with Crippen LogP contribution in [0.25, 0.3) is 21.9 Å². The lowest BCUT2D eigenvalue weighted by Gasteiger charge is -2.18. The largest absolute Gasteiger partial charge is 0.457 e. The van der Waals surface area contributed by atoms with Crippen LogP contribution in [0.15, 0.2) is 24.3 Å². The number of hydrogen-bond acceptors (Lipinski definition) is 8. The molecule has 0 aliphatic carbocycles. The van der Waals surface area contributed by atoms with Gasteiger partial charge in [-0.25, -0.2) is 4.79 Å². The summed E-state index contributed by atoms with van der Waals surface area (Å²) in [7, 11) is 0. The molecule has 0 bridgehead atoms. The number of fused-ring (bicyclic) bond motifs is 2. The zero-order valence-electron chi connectivity index (χ0n) is 13.8. The molecule has 0 aromatic heterocycles. The van der Waals surface area contributed by atoms with Gasteiger partial charge >= 0.3 is 5.97 Å². The Morgan fingerprint density at radius 2 is 1.50 bits per heavy atom. The normalized spacial score (nSPS) is 13.0. The van der Waals surface area contributed by atoms with Crippen LogP contribution in [-0.2, 0) is 11.3 Å². The molecular formula is C18H18N6O2. The summed E-state index contributed by atoms with van der Waals surface area (Å²) < 4.78 is 5.21. The summed E-state index contributed by atoms with van der Waals surface area (Å²) in [6.07, 6.45) is 0. The minimum Gasteiger partial charge on any atom is -0.457 e. The Morgan fingerprint density at radius 3 is 2.19 bits per heavy atom. The van der Waals surface area contributed by atoms with Gasteiger partial charge in [-0.1, -0.05) is 6.07 Å². The Kier molecular flexibility index (Phi) is 3.07. The van der Waals surface area contributed by atoms with Crippen molar-refractivity contribution in [2.75, 3.05) is 34.4 Å². The monoisotopic (exact) mass is 350 g/mol. The number of benzene rings is 3. The summed E-state index contributed by atoms with van der Waals surface area (Å²) in [5.74, 6) is -0.478. The molecule has 26 heavy (non-hydrogen) atoms. The lowest BCUT2D eigenvalue weighted by molar-refractivity contribution is 0.0536. The van der Waals surface area contributed by atoms with Gasteiger partial charge in [0.2, 0.25) is 0 Å². The van der Waals surface area contributed by atoms with Gasteiger partial charge in [0.1, 0.15) is 6.61 Å². The van der Waals surface area contributed by atoms with Gasteiger partial charge in [-0.3, -0.25) is 0 Å². The lowest BCUT2D eigenvalue weighted by atomic mass is 9.87. The van der Waals surface area contributed by atoms with Crippen LogP contribution in [0.2, 0.25) is 0 Å².